The smallest absolute Gasteiger partial charge is 0.255 e. The minimum absolute atomic E-state index is 0.0698. The number of nitrogens with zero attached hydrogens (tertiary/aromatic N) is 4. The van der Waals surface area contributed by atoms with Crippen LogP contribution in [0.2, 0.25) is 0 Å². The van der Waals surface area contributed by atoms with Crippen LogP contribution in [0, 0.1) is 6.92 Å². The normalized spacial score (nSPS) is 18.9. The molecule has 3 aromatic rings. The summed E-state index contributed by atoms with van der Waals surface area (Å²) in [5.74, 6) is 0.999. The van der Waals surface area contributed by atoms with E-state index in [0.29, 0.717) is 5.56 Å². The molecule has 6 nitrogen and oxygen atoms in total. The Kier molecular flexibility index (Phi) is 6.26. The Bertz CT molecular complexity index is 1080. The van der Waals surface area contributed by atoms with Crippen molar-refractivity contribution in [1.29, 1.82) is 0 Å². The Morgan fingerprint density at radius 3 is 2.45 bits per heavy atom. The van der Waals surface area contributed by atoms with Crippen molar-refractivity contribution in [2.45, 2.75) is 13.0 Å². The van der Waals surface area contributed by atoms with Gasteiger partial charge in [-0.2, -0.15) is 0 Å². The molecule has 2 fully saturated rings. The molecule has 0 radical (unpaired) electrons. The molecule has 2 saturated heterocycles. The van der Waals surface area contributed by atoms with Gasteiger partial charge in [-0.1, -0.05) is 42.5 Å². The number of carbonyl (C=O) groups excluding carboxylic acids is 1. The van der Waals surface area contributed by atoms with Crippen LogP contribution in [-0.2, 0) is 0 Å². The number of hydrogen-bond donors (Lipinski definition) is 1. The number of hydrogen-bond acceptors (Lipinski definition) is 5. The van der Waals surface area contributed by atoms with E-state index < -0.39 is 0 Å². The second-order valence-corrected chi connectivity index (χ2v) is 8.89. The van der Waals surface area contributed by atoms with Crippen molar-refractivity contribution >= 4 is 17.4 Å². The first-order valence-corrected chi connectivity index (χ1v) is 11.8. The van der Waals surface area contributed by atoms with Crippen LogP contribution >= 0.6 is 0 Å². The van der Waals surface area contributed by atoms with Crippen molar-refractivity contribution in [2.24, 2.45) is 0 Å². The molecule has 33 heavy (non-hydrogen) atoms. The molecule has 1 unspecified atom stereocenters. The van der Waals surface area contributed by atoms with Gasteiger partial charge < -0.3 is 20.0 Å². The van der Waals surface area contributed by atoms with Crippen LogP contribution in [-0.4, -0.2) is 61.6 Å². The van der Waals surface area contributed by atoms with Crippen molar-refractivity contribution in [3.63, 3.8) is 0 Å². The van der Waals surface area contributed by atoms with E-state index >= 15 is 0 Å². The van der Waals surface area contributed by atoms with Gasteiger partial charge in [0.25, 0.3) is 5.91 Å². The molecule has 0 saturated carbocycles. The molecule has 170 valence electrons. The predicted octanol–water partition coefficient (Wildman–Crippen LogP) is 3.50. The Morgan fingerprint density at radius 2 is 1.73 bits per heavy atom. The fourth-order valence-electron chi connectivity index (χ4n) is 4.74. The van der Waals surface area contributed by atoms with E-state index in [1.165, 1.54) is 16.8 Å². The fourth-order valence-corrected chi connectivity index (χ4v) is 4.74. The van der Waals surface area contributed by atoms with Crippen molar-refractivity contribution in [2.75, 3.05) is 55.6 Å². The quantitative estimate of drug-likeness (QED) is 0.672. The number of benzene rings is 2. The maximum absolute atomic E-state index is 13.1. The van der Waals surface area contributed by atoms with Gasteiger partial charge in [0.05, 0.1) is 5.56 Å². The maximum atomic E-state index is 13.1. The number of amides is 1. The summed E-state index contributed by atoms with van der Waals surface area (Å²) in [5.41, 5.74) is 4.45. The lowest BCUT2D eigenvalue weighted by molar-refractivity contribution is 0.0746. The lowest BCUT2D eigenvalue weighted by atomic mass is 10.0. The van der Waals surface area contributed by atoms with E-state index in [1.54, 1.807) is 6.20 Å². The second-order valence-electron chi connectivity index (χ2n) is 8.89. The topological polar surface area (TPSA) is 51.7 Å². The molecule has 1 N–H and O–H groups in total. The van der Waals surface area contributed by atoms with Gasteiger partial charge in [-0.25, -0.2) is 4.98 Å². The first kappa shape index (κ1) is 21.5. The third kappa shape index (κ3) is 4.86. The predicted molar refractivity (Wildman–Crippen MR) is 133 cm³/mol. The summed E-state index contributed by atoms with van der Waals surface area (Å²) in [6, 6.07) is 23.3. The highest BCUT2D eigenvalue weighted by Crippen LogP contribution is 2.22. The van der Waals surface area contributed by atoms with Crippen LogP contribution in [0.5, 0.6) is 0 Å². The molecule has 1 amide bonds. The van der Waals surface area contributed by atoms with Crippen molar-refractivity contribution in [3.05, 3.63) is 89.6 Å². The van der Waals surface area contributed by atoms with Crippen LogP contribution in [0.3, 0.4) is 0 Å². The van der Waals surface area contributed by atoms with Crippen LogP contribution in [0.1, 0.15) is 27.5 Å². The van der Waals surface area contributed by atoms with Crippen LogP contribution in [0.15, 0.2) is 72.9 Å². The zero-order valence-corrected chi connectivity index (χ0v) is 19.2. The average Bonchev–Trinajstić information content (AvgIpc) is 2.89. The molecule has 6 heteroatoms. The monoisotopic (exact) mass is 441 g/mol. The number of aryl methyl sites for hydroxylation is 1. The van der Waals surface area contributed by atoms with Gasteiger partial charge in [-0.05, 0) is 42.3 Å². The number of anilines is 2. The summed E-state index contributed by atoms with van der Waals surface area (Å²) < 4.78 is 0. The minimum atomic E-state index is 0.0698. The molecular formula is C27H31N5O. The molecule has 2 aliphatic heterocycles. The van der Waals surface area contributed by atoms with E-state index in [1.807, 2.05) is 23.1 Å². The summed E-state index contributed by atoms with van der Waals surface area (Å²) in [7, 11) is 0. The Morgan fingerprint density at radius 1 is 0.909 bits per heavy atom. The molecule has 0 spiro atoms. The minimum Gasteiger partial charge on any atom is -0.368 e. The lowest BCUT2D eigenvalue weighted by Crippen LogP contribution is -2.49. The zero-order valence-electron chi connectivity index (χ0n) is 19.2. The number of pyridine rings is 1. The van der Waals surface area contributed by atoms with Gasteiger partial charge in [0.1, 0.15) is 5.82 Å². The van der Waals surface area contributed by atoms with E-state index in [9.17, 15) is 4.79 Å². The summed E-state index contributed by atoms with van der Waals surface area (Å²) in [6.45, 7) is 7.95. The molecule has 3 heterocycles. The van der Waals surface area contributed by atoms with E-state index in [-0.39, 0.29) is 11.9 Å². The summed E-state index contributed by atoms with van der Waals surface area (Å²) in [6.07, 6.45) is 1.74. The van der Waals surface area contributed by atoms with E-state index in [0.717, 1.165) is 51.6 Å². The summed E-state index contributed by atoms with van der Waals surface area (Å²) in [4.78, 5) is 24.3. The molecule has 5 rings (SSSR count). The number of piperazine rings is 2. The van der Waals surface area contributed by atoms with Gasteiger partial charge in [0.2, 0.25) is 0 Å². The molecule has 1 aromatic heterocycles. The highest BCUT2D eigenvalue weighted by atomic mass is 16.2. The van der Waals surface area contributed by atoms with Gasteiger partial charge in [0.15, 0.2) is 0 Å². The number of rotatable bonds is 4. The number of nitrogens with one attached hydrogen (secondary N) is 1. The third-order valence-corrected chi connectivity index (χ3v) is 6.63. The number of carbonyl (C=O) groups is 1. The molecule has 2 aliphatic rings. The van der Waals surface area contributed by atoms with Gasteiger partial charge in [0, 0.05) is 63.7 Å². The van der Waals surface area contributed by atoms with Crippen LogP contribution in [0.25, 0.3) is 0 Å². The summed E-state index contributed by atoms with van der Waals surface area (Å²) in [5, 5.41) is 3.59. The maximum Gasteiger partial charge on any atom is 0.255 e. The molecule has 0 aliphatic carbocycles. The number of aromatic nitrogens is 1. The zero-order chi connectivity index (χ0) is 22.6. The highest BCUT2D eigenvalue weighted by Gasteiger charge is 2.24. The van der Waals surface area contributed by atoms with Crippen molar-refractivity contribution in [3.8, 4) is 0 Å². The molecule has 0 bridgehead atoms. The standard InChI is InChI=1S/C27H31N5O/c1-21-6-5-9-24(18-21)30-14-16-31(17-15-30)27(33)23-10-11-26(29-19-23)32-13-12-28-25(20-32)22-7-3-2-4-8-22/h2-11,18-19,25,28H,12-17,20H2,1H3. The summed E-state index contributed by atoms with van der Waals surface area (Å²) >= 11 is 0. The largest absolute Gasteiger partial charge is 0.368 e. The third-order valence-electron chi connectivity index (χ3n) is 6.63. The first-order chi connectivity index (χ1) is 16.2. The van der Waals surface area contributed by atoms with E-state index in [2.05, 4.69) is 75.6 Å². The van der Waals surface area contributed by atoms with Crippen LogP contribution in [0.4, 0.5) is 11.5 Å². The van der Waals surface area contributed by atoms with Gasteiger partial charge in [-0.3, -0.25) is 4.79 Å². The molecule has 1 atom stereocenters. The Labute approximate surface area is 195 Å². The van der Waals surface area contributed by atoms with Crippen LogP contribution < -0.4 is 15.1 Å². The Hall–Kier alpha value is -3.38. The fraction of sp³-hybridized carbons (Fsp3) is 0.333. The molecular weight excluding hydrogens is 410 g/mol. The first-order valence-electron chi connectivity index (χ1n) is 11.8. The SMILES string of the molecule is Cc1cccc(N2CCN(C(=O)c3ccc(N4CCNC(c5ccccc5)C4)nc3)CC2)c1. The van der Waals surface area contributed by atoms with E-state index in [4.69, 9.17) is 0 Å². The average molecular weight is 442 g/mol. The highest BCUT2D eigenvalue weighted by molar-refractivity contribution is 5.94. The Balaban J connectivity index is 1.19. The van der Waals surface area contributed by atoms with Gasteiger partial charge in [-0.15, -0.1) is 0 Å². The lowest BCUT2D eigenvalue weighted by Gasteiger charge is -2.36. The second kappa shape index (κ2) is 9.63. The van der Waals surface area contributed by atoms with Crippen molar-refractivity contribution < 1.29 is 4.79 Å². The molecule has 2 aromatic carbocycles. The van der Waals surface area contributed by atoms with Gasteiger partial charge >= 0.3 is 0 Å². The van der Waals surface area contributed by atoms with Crippen molar-refractivity contribution in [1.82, 2.24) is 15.2 Å².